The highest BCUT2D eigenvalue weighted by atomic mass is 16.7. The number of aromatic hydroxyl groups is 2. The van der Waals surface area contributed by atoms with Gasteiger partial charge in [-0.1, -0.05) is 6.07 Å². The predicted molar refractivity (Wildman–Crippen MR) is 204 cm³/mol. The van der Waals surface area contributed by atoms with E-state index in [1.54, 1.807) is 19.1 Å². The third-order valence-corrected chi connectivity index (χ3v) is 13.2. The number of esters is 2. The molecule has 7 heterocycles. The van der Waals surface area contributed by atoms with Gasteiger partial charge in [0.2, 0.25) is 6.79 Å². The molecular formula is C42H46N4O12. The Morgan fingerprint density at radius 3 is 2.47 bits per heavy atom. The van der Waals surface area contributed by atoms with Gasteiger partial charge in [-0.3, -0.25) is 19.9 Å². The van der Waals surface area contributed by atoms with E-state index in [0.29, 0.717) is 77.0 Å². The average molecular weight is 799 g/mol. The molecular weight excluding hydrogens is 752 g/mol. The number of nitrogens with one attached hydrogen (secondary N) is 2. The number of hydrogen-bond donors (Lipinski definition) is 4. The number of hydrogen-bond acceptors (Lipinski definition) is 16. The molecule has 3 aromatic carbocycles. The van der Waals surface area contributed by atoms with Crippen LogP contribution < -0.4 is 34.3 Å². The summed E-state index contributed by atoms with van der Waals surface area (Å²) in [5.74, 6) is -0.893. The molecule has 306 valence electrons. The van der Waals surface area contributed by atoms with Crippen LogP contribution in [0.3, 0.4) is 0 Å². The van der Waals surface area contributed by atoms with Crippen LogP contribution in [-0.4, -0.2) is 110 Å². The number of aldehydes is 2. The van der Waals surface area contributed by atoms with Crippen LogP contribution in [0.4, 0.5) is 0 Å². The number of carbonyl (C=O) groups excluding carboxylic acids is 4. The van der Waals surface area contributed by atoms with Gasteiger partial charge >= 0.3 is 11.9 Å². The van der Waals surface area contributed by atoms with Crippen LogP contribution in [0.15, 0.2) is 18.2 Å². The summed E-state index contributed by atoms with van der Waals surface area (Å²) in [5, 5.41) is 30.1. The van der Waals surface area contributed by atoms with Crippen LogP contribution >= 0.6 is 0 Å². The third-order valence-electron chi connectivity index (χ3n) is 13.2. The lowest BCUT2D eigenvalue weighted by Gasteiger charge is -2.64. The van der Waals surface area contributed by atoms with Gasteiger partial charge in [-0.05, 0) is 68.1 Å². The largest absolute Gasteiger partial charge is 0.504 e. The molecule has 16 nitrogen and oxygen atoms in total. The lowest BCUT2D eigenvalue weighted by atomic mass is 9.67. The molecule has 2 fully saturated rings. The van der Waals surface area contributed by atoms with E-state index in [0.717, 1.165) is 16.7 Å². The van der Waals surface area contributed by atoms with Crippen molar-refractivity contribution in [2.24, 2.45) is 5.92 Å². The minimum Gasteiger partial charge on any atom is -0.504 e. The number of rotatable bonds is 6. The molecule has 58 heavy (non-hydrogen) atoms. The van der Waals surface area contributed by atoms with E-state index in [-0.39, 0.29) is 42.9 Å². The fourth-order valence-corrected chi connectivity index (χ4v) is 10.9. The van der Waals surface area contributed by atoms with Crippen molar-refractivity contribution in [3.05, 3.63) is 62.7 Å². The highest BCUT2D eigenvalue weighted by molar-refractivity contribution is 5.85. The van der Waals surface area contributed by atoms with Gasteiger partial charge < -0.3 is 53.5 Å². The van der Waals surface area contributed by atoms with Gasteiger partial charge in [-0.15, -0.1) is 0 Å². The summed E-state index contributed by atoms with van der Waals surface area (Å²) in [6.07, 6.45) is 2.21. The number of methoxy groups -OCH3 is 2. The van der Waals surface area contributed by atoms with Gasteiger partial charge in [0.05, 0.1) is 44.3 Å². The zero-order valence-electron chi connectivity index (χ0n) is 33.0. The van der Waals surface area contributed by atoms with Gasteiger partial charge in [0, 0.05) is 54.4 Å². The Kier molecular flexibility index (Phi) is 9.11. The van der Waals surface area contributed by atoms with Crippen LogP contribution in [0.2, 0.25) is 0 Å². The smallest absolute Gasteiger partial charge is 0.332 e. The molecule has 0 amide bonds. The van der Waals surface area contributed by atoms with Crippen molar-refractivity contribution in [3.8, 4) is 40.2 Å². The molecule has 0 aliphatic carbocycles. The normalized spacial score (nSPS) is 28.2. The van der Waals surface area contributed by atoms with E-state index in [2.05, 4.69) is 20.4 Å². The summed E-state index contributed by atoms with van der Waals surface area (Å²) in [7, 11) is 4.86. The molecule has 10 rings (SSSR count). The Bertz CT molecular complexity index is 2270. The first kappa shape index (κ1) is 38.1. The van der Waals surface area contributed by atoms with E-state index in [9.17, 15) is 29.4 Å². The second-order valence-corrected chi connectivity index (χ2v) is 16.0. The number of piperazine rings is 1. The minimum absolute atomic E-state index is 0.0264. The van der Waals surface area contributed by atoms with Crippen molar-refractivity contribution < 1.29 is 57.8 Å². The van der Waals surface area contributed by atoms with Crippen molar-refractivity contribution in [2.45, 2.75) is 75.4 Å². The van der Waals surface area contributed by atoms with E-state index in [4.69, 9.17) is 28.4 Å². The zero-order valence-corrected chi connectivity index (χ0v) is 33.0. The van der Waals surface area contributed by atoms with E-state index in [1.807, 2.05) is 20.0 Å². The monoisotopic (exact) mass is 798 g/mol. The van der Waals surface area contributed by atoms with Gasteiger partial charge in [0.15, 0.2) is 40.0 Å². The second kappa shape index (κ2) is 13.9. The van der Waals surface area contributed by atoms with Gasteiger partial charge in [0.25, 0.3) is 0 Å². The SMILES string of the molecule is COc1cc2c(cc1O)CCN[C@]21CN[C@H]2c3c(OC(C)=O)c(C)c4c(c3[C@H](COC1=O)N1[C@@H]2[C@H]2c3c(cc(C)c(OC)c3O)C[C@@H]([C@@H]1C(C=O)C=O)N2C)OCO4. The van der Waals surface area contributed by atoms with Crippen LogP contribution in [0.5, 0.6) is 40.2 Å². The number of carbonyl (C=O) groups is 4. The molecule has 0 unspecified atom stereocenters. The number of likely N-dealkylation sites (N-methyl/N-ethyl adjacent to an activating group) is 1. The number of benzene rings is 3. The number of aryl methyl sites for hydroxylation is 1. The van der Waals surface area contributed by atoms with Crippen molar-refractivity contribution in [1.82, 2.24) is 20.4 Å². The molecule has 4 bridgehead atoms. The first-order valence-electron chi connectivity index (χ1n) is 19.4. The Hall–Kier alpha value is -5.42. The summed E-state index contributed by atoms with van der Waals surface area (Å²) in [4.78, 5) is 58.1. The molecule has 0 radical (unpaired) electrons. The quantitative estimate of drug-likeness (QED) is 0.123. The molecule has 7 aliphatic heterocycles. The van der Waals surface area contributed by atoms with Crippen LogP contribution in [0.1, 0.15) is 69.6 Å². The molecule has 3 aromatic rings. The maximum absolute atomic E-state index is 14.9. The van der Waals surface area contributed by atoms with E-state index in [1.165, 1.54) is 21.1 Å². The summed E-state index contributed by atoms with van der Waals surface area (Å²) < 4.78 is 36.1. The molecule has 0 saturated carbocycles. The number of phenols is 2. The first-order chi connectivity index (χ1) is 27.9. The van der Waals surface area contributed by atoms with Crippen molar-refractivity contribution in [3.63, 3.8) is 0 Å². The molecule has 7 atom stereocenters. The molecule has 7 aliphatic rings. The number of nitrogens with zero attached hydrogens (tertiary/aromatic N) is 2. The lowest BCUT2D eigenvalue weighted by molar-refractivity contribution is -0.167. The lowest BCUT2D eigenvalue weighted by Crippen LogP contribution is -2.73. The van der Waals surface area contributed by atoms with E-state index >= 15 is 0 Å². The van der Waals surface area contributed by atoms with Gasteiger partial charge in [0.1, 0.15) is 24.9 Å². The molecule has 16 heteroatoms. The third kappa shape index (κ3) is 5.20. The summed E-state index contributed by atoms with van der Waals surface area (Å²) >= 11 is 0. The number of fused-ring (bicyclic) bond motifs is 9. The van der Waals surface area contributed by atoms with E-state index < -0.39 is 59.6 Å². The van der Waals surface area contributed by atoms with Gasteiger partial charge in [-0.25, -0.2) is 4.79 Å². The second-order valence-electron chi connectivity index (χ2n) is 16.0. The van der Waals surface area contributed by atoms with Crippen molar-refractivity contribution in [2.75, 3.05) is 47.8 Å². The van der Waals surface area contributed by atoms with Crippen LogP contribution in [-0.2, 0) is 42.3 Å². The molecule has 4 N–H and O–H groups in total. The molecule has 2 saturated heterocycles. The fourth-order valence-electron chi connectivity index (χ4n) is 10.9. The fraction of sp³-hybridized carbons (Fsp3) is 0.476. The predicted octanol–water partition coefficient (Wildman–Crippen LogP) is 2.33. The zero-order chi connectivity index (χ0) is 40.9. The van der Waals surface area contributed by atoms with Crippen molar-refractivity contribution >= 4 is 24.5 Å². The van der Waals surface area contributed by atoms with Crippen LogP contribution in [0.25, 0.3) is 0 Å². The van der Waals surface area contributed by atoms with Crippen LogP contribution in [0, 0.1) is 19.8 Å². The number of phenolic OH excluding ortho intramolecular Hbond substituents is 2. The Balaban J connectivity index is 1.36. The molecule has 0 aromatic heterocycles. The maximum Gasteiger partial charge on any atom is 0.332 e. The van der Waals surface area contributed by atoms with Gasteiger partial charge in [-0.2, -0.15) is 0 Å². The maximum atomic E-state index is 14.9. The summed E-state index contributed by atoms with van der Waals surface area (Å²) in [6, 6.07) is 0.995. The topological polar surface area (TPSA) is 195 Å². The highest BCUT2D eigenvalue weighted by Crippen LogP contribution is 2.62. The summed E-state index contributed by atoms with van der Waals surface area (Å²) in [6.45, 7) is 4.85. The minimum atomic E-state index is -1.49. The Labute approximate surface area is 334 Å². The Morgan fingerprint density at radius 2 is 1.76 bits per heavy atom. The van der Waals surface area contributed by atoms with Crippen molar-refractivity contribution in [1.29, 1.82) is 0 Å². The first-order valence-corrected chi connectivity index (χ1v) is 19.4. The Morgan fingerprint density at radius 1 is 1.00 bits per heavy atom. The molecule has 1 spiro atoms. The average Bonchev–Trinajstić information content (AvgIpc) is 3.69. The number of ether oxygens (including phenoxy) is 6. The highest BCUT2D eigenvalue weighted by Gasteiger charge is 2.62. The summed E-state index contributed by atoms with van der Waals surface area (Å²) in [5.41, 5.74) is 3.60. The standard InChI is InChI=1S/C42H46N4O12/c1-18-9-22-10-25-33(23(13-47)14-48)46-26-15-55-41(52)42(24-12-28(53-5)27(50)11-21(24)7-8-44-42)16-43-32(35(46)34(45(25)4)29(22)36(51)37(18)54-6)31-30(26)40-39(56-17-57-40)19(2)38(31)58-20(3)49/h9,11-14,23,25-26,32-35,43-44,50-51H,7-8,10,15-17H2,1-6H3/t25-,26-,32-,33-,34+,35-,42+/m0/s1.